The first-order valence-corrected chi connectivity index (χ1v) is 6.07. The molecule has 0 bridgehead atoms. The lowest BCUT2D eigenvalue weighted by molar-refractivity contribution is -0.135. The lowest BCUT2D eigenvalue weighted by Gasteiger charge is -2.05. The van der Waals surface area contributed by atoms with Gasteiger partial charge >= 0.3 is 6.18 Å². The van der Waals surface area contributed by atoms with Crippen LogP contribution in [0.2, 0.25) is 0 Å². The van der Waals surface area contributed by atoms with Crippen molar-refractivity contribution >= 4 is 12.0 Å². The average molecular weight is 295 g/mol. The fraction of sp³-hybridized carbons (Fsp3) is 0.143. The first-order chi connectivity index (χ1) is 9.94. The molecule has 0 aliphatic carbocycles. The molecule has 2 rings (SSSR count). The van der Waals surface area contributed by atoms with Crippen molar-refractivity contribution in [3.05, 3.63) is 54.4 Å². The molecule has 0 saturated carbocycles. The molecular formula is C14H12F3N3O. The number of alkyl halides is 3. The van der Waals surface area contributed by atoms with Crippen molar-refractivity contribution in [3.8, 4) is 5.69 Å². The first-order valence-electron chi connectivity index (χ1n) is 6.07. The summed E-state index contributed by atoms with van der Waals surface area (Å²) in [7, 11) is 0. The summed E-state index contributed by atoms with van der Waals surface area (Å²) in [6.45, 7) is -1.35. The van der Waals surface area contributed by atoms with Gasteiger partial charge in [0.15, 0.2) is 0 Å². The molecule has 0 fully saturated rings. The Kier molecular flexibility index (Phi) is 4.42. The monoisotopic (exact) mass is 295 g/mol. The van der Waals surface area contributed by atoms with Crippen LogP contribution in [0.3, 0.4) is 0 Å². The lowest BCUT2D eigenvalue weighted by Crippen LogP contribution is -2.32. The van der Waals surface area contributed by atoms with E-state index in [1.165, 1.54) is 12.3 Å². The number of para-hydroxylation sites is 1. The number of rotatable bonds is 4. The zero-order valence-electron chi connectivity index (χ0n) is 10.8. The van der Waals surface area contributed by atoms with Crippen LogP contribution in [0.5, 0.6) is 0 Å². The van der Waals surface area contributed by atoms with Crippen LogP contribution < -0.4 is 5.32 Å². The molecule has 0 aliphatic heterocycles. The van der Waals surface area contributed by atoms with Crippen LogP contribution in [0.1, 0.15) is 5.56 Å². The Hall–Kier alpha value is -2.57. The van der Waals surface area contributed by atoms with Gasteiger partial charge in [0, 0.05) is 17.8 Å². The minimum Gasteiger partial charge on any atom is -0.343 e. The van der Waals surface area contributed by atoms with Crippen molar-refractivity contribution in [2.24, 2.45) is 0 Å². The van der Waals surface area contributed by atoms with E-state index in [0.717, 1.165) is 11.8 Å². The third-order valence-electron chi connectivity index (χ3n) is 2.51. The van der Waals surface area contributed by atoms with Crippen molar-refractivity contribution in [1.82, 2.24) is 15.1 Å². The van der Waals surface area contributed by atoms with E-state index in [1.807, 2.05) is 30.3 Å². The van der Waals surface area contributed by atoms with Gasteiger partial charge in [-0.2, -0.15) is 18.3 Å². The molecule has 0 saturated heterocycles. The summed E-state index contributed by atoms with van der Waals surface area (Å²) < 4.78 is 37.4. The highest BCUT2D eigenvalue weighted by Gasteiger charge is 2.27. The molecule has 21 heavy (non-hydrogen) atoms. The highest BCUT2D eigenvalue weighted by molar-refractivity contribution is 5.91. The largest absolute Gasteiger partial charge is 0.405 e. The maximum absolute atomic E-state index is 11.9. The Labute approximate surface area is 118 Å². The predicted octanol–water partition coefficient (Wildman–Crippen LogP) is 2.56. The second-order valence-corrected chi connectivity index (χ2v) is 4.22. The van der Waals surface area contributed by atoms with Gasteiger partial charge in [0.05, 0.1) is 11.9 Å². The van der Waals surface area contributed by atoms with E-state index in [2.05, 4.69) is 5.10 Å². The topological polar surface area (TPSA) is 46.9 Å². The molecule has 1 N–H and O–H groups in total. The van der Waals surface area contributed by atoms with E-state index in [-0.39, 0.29) is 0 Å². The van der Waals surface area contributed by atoms with Gasteiger partial charge in [0.2, 0.25) is 5.91 Å². The van der Waals surface area contributed by atoms with E-state index in [0.29, 0.717) is 5.56 Å². The molecule has 0 aliphatic rings. The van der Waals surface area contributed by atoms with E-state index in [1.54, 1.807) is 16.2 Å². The number of aromatic nitrogens is 2. The third kappa shape index (κ3) is 4.79. The molecule has 2 aromatic rings. The molecule has 1 heterocycles. The zero-order chi connectivity index (χ0) is 15.3. The first kappa shape index (κ1) is 14.8. The van der Waals surface area contributed by atoms with Crippen molar-refractivity contribution in [1.29, 1.82) is 0 Å². The van der Waals surface area contributed by atoms with Gasteiger partial charge in [-0.1, -0.05) is 18.2 Å². The van der Waals surface area contributed by atoms with Gasteiger partial charge in [-0.15, -0.1) is 0 Å². The van der Waals surface area contributed by atoms with Crippen LogP contribution in [-0.4, -0.2) is 28.4 Å². The number of benzene rings is 1. The molecular weight excluding hydrogens is 283 g/mol. The van der Waals surface area contributed by atoms with Gasteiger partial charge in [0.1, 0.15) is 6.54 Å². The normalized spacial score (nSPS) is 11.8. The molecule has 1 amide bonds. The van der Waals surface area contributed by atoms with Crippen molar-refractivity contribution in [2.75, 3.05) is 6.54 Å². The number of nitrogens with one attached hydrogen (secondary N) is 1. The van der Waals surface area contributed by atoms with Gasteiger partial charge in [0.25, 0.3) is 0 Å². The maximum atomic E-state index is 11.9. The summed E-state index contributed by atoms with van der Waals surface area (Å²) in [4.78, 5) is 11.2. The molecule has 7 heteroatoms. The van der Waals surface area contributed by atoms with Gasteiger partial charge in [-0.05, 0) is 18.2 Å². The highest BCUT2D eigenvalue weighted by Crippen LogP contribution is 2.12. The van der Waals surface area contributed by atoms with E-state index >= 15 is 0 Å². The second kappa shape index (κ2) is 6.25. The number of hydrogen-bond acceptors (Lipinski definition) is 2. The Morgan fingerprint density at radius 2 is 2.00 bits per heavy atom. The molecule has 1 aromatic carbocycles. The smallest absolute Gasteiger partial charge is 0.343 e. The Morgan fingerprint density at radius 1 is 1.29 bits per heavy atom. The van der Waals surface area contributed by atoms with Gasteiger partial charge in [-0.3, -0.25) is 4.79 Å². The average Bonchev–Trinajstić information content (AvgIpc) is 2.92. The van der Waals surface area contributed by atoms with Crippen LogP contribution in [0.15, 0.2) is 48.8 Å². The summed E-state index contributed by atoms with van der Waals surface area (Å²) >= 11 is 0. The number of nitrogens with zero attached hydrogens (tertiary/aromatic N) is 2. The minimum atomic E-state index is -4.41. The third-order valence-corrected chi connectivity index (χ3v) is 2.51. The molecule has 0 unspecified atom stereocenters. The fourth-order valence-electron chi connectivity index (χ4n) is 1.56. The quantitative estimate of drug-likeness (QED) is 0.881. The predicted molar refractivity (Wildman–Crippen MR) is 71.7 cm³/mol. The van der Waals surface area contributed by atoms with Crippen LogP contribution in [0.4, 0.5) is 13.2 Å². The molecule has 4 nitrogen and oxygen atoms in total. The summed E-state index contributed by atoms with van der Waals surface area (Å²) in [6, 6.07) is 9.31. The highest BCUT2D eigenvalue weighted by atomic mass is 19.4. The Morgan fingerprint density at radius 3 is 2.67 bits per heavy atom. The zero-order valence-corrected chi connectivity index (χ0v) is 10.8. The lowest BCUT2D eigenvalue weighted by atomic mass is 10.3. The summed E-state index contributed by atoms with van der Waals surface area (Å²) in [5, 5.41) is 5.86. The van der Waals surface area contributed by atoms with Crippen molar-refractivity contribution < 1.29 is 18.0 Å². The van der Waals surface area contributed by atoms with Crippen molar-refractivity contribution in [3.63, 3.8) is 0 Å². The number of halogens is 3. The SMILES string of the molecule is O=C(/C=C/c1cnn(-c2ccccc2)c1)NCC(F)(F)F. The summed E-state index contributed by atoms with van der Waals surface area (Å²) in [5.41, 5.74) is 1.46. The Bertz CT molecular complexity index is 632. The molecule has 0 atom stereocenters. The Balaban J connectivity index is 1.96. The van der Waals surface area contributed by atoms with Crippen LogP contribution >= 0.6 is 0 Å². The van der Waals surface area contributed by atoms with Crippen LogP contribution in [-0.2, 0) is 4.79 Å². The van der Waals surface area contributed by atoms with E-state index in [4.69, 9.17) is 0 Å². The fourth-order valence-corrected chi connectivity index (χ4v) is 1.56. The van der Waals surface area contributed by atoms with Gasteiger partial charge in [-0.25, -0.2) is 4.68 Å². The van der Waals surface area contributed by atoms with Gasteiger partial charge < -0.3 is 5.32 Å². The standard InChI is InChI=1S/C14H12F3N3O/c15-14(16,17)10-18-13(21)7-6-11-8-19-20(9-11)12-4-2-1-3-5-12/h1-9H,10H2,(H,18,21)/b7-6+. The van der Waals surface area contributed by atoms with Crippen LogP contribution in [0, 0.1) is 0 Å². The van der Waals surface area contributed by atoms with E-state index in [9.17, 15) is 18.0 Å². The number of amides is 1. The maximum Gasteiger partial charge on any atom is 0.405 e. The number of hydrogen-bond donors (Lipinski definition) is 1. The molecule has 110 valence electrons. The second-order valence-electron chi connectivity index (χ2n) is 4.22. The van der Waals surface area contributed by atoms with Crippen molar-refractivity contribution in [2.45, 2.75) is 6.18 Å². The van der Waals surface area contributed by atoms with E-state index < -0.39 is 18.6 Å². The summed E-state index contributed by atoms with van der Waals surface area (Å²) in [6.07, 6.45) is 1.21. The molecule has 1 aromatic heterocycles. The number of carbonyl (C=O) groups excluding carboxylic acids is 1. The van der Waals surface area contributed by atoms with Crippen LogP contribution in [0.25, 0.3) is 11.8 Å². The summed E-state index contributed by atoms with van der Waals surface area (Å²) in [5.74, 6) is -0.806. The molecule has 0 radical (unpaired) electrons. The molecule has 0 spiro atoms. The minimum absolute atomic E-state index is 0.612. The number of carbonyl (C=O) groups is 1.